The van der Waals surface area contributed by atoms with Gasteiger partial charge in [-0.05, 0) is 43.7 Å². The fourth-order valence-electron chi connectivity index (χ4n) is 4.12. The average molecular weight is 341 g/mol. The molecule has 0 saturated heterocycles. The minimum absolute atomic E-state index is 0.00494. The van der Waals surface area contributed by atoms with Crippen LogP contribution in [0.5, 0.6) is 0 Å². The molecule has 1 heterocycles. The molecule has 6 nitrogen and oxygen atoms in total. The van der Waals surface area contributed by atoms with E-state index in [4.69, 9.17) is 4.52 Å². The molecule has 2 aliphatic rings. The highest BCUT2D eigenvalue weighted by molar-refractivity contribution is 5.80. The van der Waals surface area contributed by atoms with Crippen molar-refractivity contribution in [3.05, 3.63) is 47.1 Å². The number of carbonyl (C=O) groups excluding carboxylic acids is 1. The molecule has 0 aliphatic heterocycles. The summed E-state index contributed by atoms with van der Waals surface area (Å²) in [6, 6.07) is 8.24. The third-order valence-corrected chi connectivity index (χ3v) is 5.51. The van der Waals surface area contributed by atoms with Gasteiger partial charge in [0.2, 0.25) is 11.8 Å². The lowest BCUT2D eigenvalue weighted by Crippen LogP contribution is -2.36. The van der Waals surface area contributed by atoms with Gasteiger partial charge in [0.05, 0.1) is 6.10 Å². The van der Waals surface area contributed by atoms with E-state index in [1.807, 2.05) is 12.1 Å². The maximum absolute atomic E-state index is 12.5. The average Bonchev–Trinajstić information content (AvgIpc) is 3.30. The third kappa shape index (κ3) is 3.31. The van der Waals surface area contributed by atoms with Gasteiger partial charge in [-0.2, -0.15) is 4.98 Å². The van der Waals surface area contributed by atoms with E-state index in [1.54, 1.807) is 6.92 Å². The van der Waals surface area contributed by atoms with Crippen LogP contribution in [0.15, 0.2) is 28.8 Å². The lowest BCUT2D eigenvalue weighted by molar-refractivity contribution is -0.125. The van der Waals surface area contributed by atoms with Crippen molar-refractivity contribution in [1.29, 1.82) is 0 Å². The molecular formula is C19H23N3O3. The van der Waals surface area contributed by atoms with Crippen LogP contribution in [-0.2, 0) is 17.6 Å². The Morgan fingerprint density at radius 2 is 2.00 bits per heavy atom. The molecule has 1 saturated carbocycles. The van der Waals surface area contributed by atoms with E-state index in [2.05, 4.69) is 27.6 Å². The van der Waals surface area contributed by atoms with Gasteiger partial charge in [-0.15, -0.1) is 0 Å². The predicted molar refractivity (Wildman–Crippen MR) is 90.9 cm³/mol. The number of nitrogens with one attached hydrogen (secondary N) is 1. The van der Waals surface area contributed by atoms with E-state index in [-0.39, 0.29) is 23.7 Å². The highest BCUT2D eigenvalue weighted by Crippen LogP contribution is 2.37. The molecule has 0 spiro atoms. The maximum Gasteiger partial charge on any atom is 0.229 e. The van der Waals surface area contributed by atoms with Crippen molar-refractivity contribution in [1.82, 2.24) is 15.5 Å². The zero-order valence-electron chi connectivity index (χ0n) is 14.3. The van der Waals surface area contributed by atoms with Crippen LogP contribution in [0.2, 0.25) is 0 Å². The van der Waals surface area contributed by atoms with Gasteiger partial charge in [0.1, 0.15) is 0 Å². The first kappa shape index (κ1) is 16.3. The Bertz CT molecular complexity index is 748. The molecule has 1 aromatic carbocycles. The molecule has 25 heavy (non-hydrogen) atoms. The molecule has 0 unspecified atom stereocenters. The van der Waals surface area contributed by atoms with Crippen LogP contribution >= 0.6 is 0 Å². The summed E-state index contributed by atoms with van der Waals surface area (Å²) >= 11 is 0. The van der Waals surface area contributed by atoms with Gasteiger partial charge < -0.3 is 14.9 Å². The number of amides is 1. The van der Waals surface area contributed by atoms with Gasteiger partial charge in [-0.1, -0.05) is 29.4 Å². The lowest BCUT2D eigenvalue weighted by atomic mass is 10.0. The van der Waals surface area contributed by atoms with Crippen LogP contribution in [0.4, 0.5) is 0 Å². The highest BCUT2D eigenvalue weighted by Gasteiger charge is 2.37. The van der Waals surface area contributed by atoms with E-state index in [0.717, 1.165) is 19.3 Å². The largest absolute Gasteiger partial charge is 0.393 e. The van der Waals surface area contributed by atoms with Crippen LogP contribution in [-0.4, -0.2) is 33.8 Å². The van der Waals surface area contributed by atoms with Gasteiger partial charge in [0, 0.05) is 24.3 Å². The fraction of sp³-hybridized carbons (Fsp3) is 0.526. The molecule has 132 valence electrons. The first-order chi connectivity index (χ1) is 12.1. The zero-order chi connectivity index (χ0) is 17.4. The van der Waals surface area contributed by atoms with Crippen molar-refractivity contribution >= 4 is 5.91 Å². The number of nitrogens with zero attached hydrogens (tertiary/aromatic N) is 2. The van der Waals surface area contributed by atoms with Crippen LogP contribution in [0.1, 0.15) is 41.6 Å². The SMILES string of the molecule is Cc1noc([C@H]2C[C@H](CNC(=O)C3Cc4ccccc4C3)[C@H](O)C2)n1. The van der Waals surface area contributed by atoms with Crippen molar-refractivity contribution in [3.63, 3.8) is 0 Å². The first-order valence-electron chi connectivity index (χ1n) is 8.93. The highest BCUT2D eigenvalue weighted by atomic mass is 16.5. The molecule has 6 heteroatoms. The van der Waals surface area contributed by atoms with Crippen molar-refractivity contribution < 1.29 is 14.4 Å². The summed E-state index contributed by atoms with van der Waals surface area (Å²) in [6.07, 6.45) is 2.53. The van der Waals surface area contributed by atoms with E-state index in [0.29, 0.717) is 24.7 Å². The van der Waals surface area contributed by atoms with Gasteiger partial charge in [0.25, 0.3) is 0 Å². The van der Waals surface area contributed by atoms with Crippen LogP contribution in [0.3, 0.4) is 0 Å². The van der Waals surface area contributed by atoms with E-state index >= 15 is 0 Å². The molecule has 2 N–H and O–H groups in total. The number of fused-ring (bicyclic) bond motifs is 1. The molecular weight excluding hydrogens is 318 g/mol. The summed E-state index contributed by atoms with van der Waals surface area (Å²) < 4.78 is 5.23. The van der Waals surface area contributed by atoms with Crippen LogP contribution in [0.25, 0.3) is 0 Å². The summed E-state index contributed by atoms with van der Waals surface area (Å²) in [5, 5.41) is 17.2. The number of benzene rings is 1. The topological polar surface area (TPSA) is 88.2 Å². The Hall–Kier alpha value is -2.21. The van der Waals surface area contributed by atoms with Crippen LogP contribution in [0, 0.1) is 18.8 Å². The smallest absolute Gasteiger partial charge is 0.229 e. The van der Waals surface area contributed by atoms with Gasteiger partial charge in [-0.25, -0.2) is 0 Å². The number of hydrogen-bond donors (Lipinski definition) is 2. The third-order valence-electron chi connectivity index (χ3n) is 5.51. The summed E-state index contributed by atoms with van der Waals surface area (Å²) in [4.78, 5) is 16.8. The first-order valence-corrected chi connectivity index (χ1v) is 8.93. The van der Waals surface area contributed by atoms with E-state index in [9.17, 15) is 9.90 Å². The van der Waals surface area contributed by atoms with E-state index < -0.39 is 6.10 Å². The van der Waals surface area contributed by atoms with Crippen molar-refractivity contribution in [2.24, 2.45) is 11.8 Å². The Labute approximate surface area is 146 Å². The number of aryl methyl sites for hydroxylation is 1. The summed E-state index contributed by atoms with van der Waals surface area (Å²) in [6.45, 7) is 2.28. The van der Waals surface area contributed by atoms with Crippen molar-refractivity contribution in [2.45, 2.75) is 44.6 Å². The number of carbonyl (C=O) groups is 1. The molecule has 2 aromatic rings. The molecule has 0 bridgehead atoms. The molecule has 1 amide bonds. The summed E-state index contributed by atoms with van der Waals surface area (Å²) in [7, 11) is 0. The summed E-state index contributed by atoms with van der Waals surface area (Å²) in [5.41, 5.74) is 2.55. The van der Waals surface area contributed by atoms with Gasteiger partial charge >= 0.3 is 0 Å². The van der Waals surface area contributed by atoms with Gasteiger partial charge in [-0.3, -0.25) is 4.79 Å². The Kier molecular flexibility index (Phi) is 4.29. The normalized spacial score (nSPS) is 25.9. The Morgan fingerprint density at radius 3 is 2.64 bits per heavy atom. The molecule has 1 aromatic heterocycles. The minimum atomic E-state index is -0.446. The Balaban J connectivity index is 1.31. The van der Waals surface area contributed by atoms with Crippen molar-refractivity contribution in [3.8, 4) is 0 Å². The molecule has 4 rings (SSSR count). The standard InChI is InChI=1S/C19H23N3O3/c1-11-21-19(25-22-11)15-8-16(17(23)9-15)10-20-18(24)14-6-12-4-2-3-5-13(12)7-14/h2-5,14-17,23H,6-10H2,1H3,(H,20,24)/t15-,16+,17+/m0/s1. The second kappa shape index (κ2) is 6.59. The number of aliphatic hydroxyl groups is 1. The van der Waals surface area contributed by atoms with Crippen LogP contribution < -0.4 is 5.32 Å². The van der Waals surface area contributed by atoms with Crippen molar-refractivity contribution in [2.75, 3.05) is 6.54 Å². The second-order valence-corrected chi connectivity index (χ2v) is 7.29. The molecule has 2 aliphatic carbocycles. The molecule has 0 radical (unpaired) electrons. The maximum atomic E-state index is 12.5. The summed E-state index contributed by atoms with van der Waals surface area (Å²) in [5.74, 6) is 1.41. The lowest BCUT2D eigenvalue weighted by Gasteiger charge is -2.17. The fourth-order valence-corrected chi connectivity index (χ4v) is 4.12. The monoisotopic (exact) mass is 341 g/mol. The number of aliphatic hydroxyl groups excluding tert-OH is 1. The van der Waals surface area contributed by atoms with Gasteiger partial charge in [0.15, 0.2) is 5.82 Å². The predicted octanol–water partition coefficient (Wildman–Crippen LogP) is 1.76. The second-order valence-electron chi connectivity index (χ2n) is 7.29. The Morgan fingerprint density at radius 1 is 1.28 bits per heavy atom. The minimum Gasteiger partial charge on any atom is -0.393 e. The quantitative estimate of drug-likeness (QED) is 0.885. The molecule has 3 atom stereocenters. The van der Waals surface area contributed by atoms with E-state index in [1.165, 1.54) is 11.1 Å². The molecule has 1 fully saturated rings. The number of aromatic nitrogens is 2. The number of rotatable bonds is 4. The number of hydrogen-bond acceptors (Lipinski definition) is 5. The zero-order valence-corrected chi connectivity index (χ0v) is 14.3.